The lowest BCUT2D eigenvalue weighted by Crippen LogP contribution is -2.15. The summed E-state index contributed by atoms with van der Waals surface area (Å²) < 4.78 is 5.13. The number of anilines is 1. The largest absolute Gasteiger partial charge is 0.459 e. The van der Waals surface area contributed by atoms with Gasteiger partial charge < -0.3 is 10.1 Å². The Morgan fingerprint density at radius 2 is 2.05 bits per heavy atom. The third kappa shape index (κ3) is 4.72. The molecule has 1 amide bonds. The minimum atomic E-state index is -0.389. The quantitative estimate of drug-likeness (QED) is 0.860. The number of carbonyl (C=O) groups is 2. The van der Waals surface area contributed by atoms with Crippen molar-refractivity contribution < 1.29 is 14.3 Å². The lowest BCUT2D eigenvalue weighted by Gasteiger charge is -2.09. The summed E-state index contributed by atoms with van der Waals surface area (Å²) in [5.74, 6) is -0.494. The van der Waals surface area contributed by atoms with Crippen LogP contribution in [0.2, 0.25) is 0 Å². The van der Waals surface area contributed by atoms with E-state index in [0.717, 1.165) is 4.88 Å². The number of rotatable bonds is 5. The number of hydrogen-bond donors (Lipinski definition) is 1. The van der Waals surface area contributed by atoms with E-state index in [1.165, 1.54) is 0 Å². The molecule has 4 nitrogen and oxygen atoms in total. The highest BCUT2D eigenvalue weighted by atomic mass is 32.1. The van der Waals surface area contributed by atoms with Crippen molar-refractivity contribution >= 4 is 28.9 Å². The standard InChI is InChI=1S/C16H17NO3S/c1-11(2)20-16(19)12-5-3-6-13(9-12)17-15(18)10-14-7-4-8-21-14/h3-9,11H,10H2,1-2H3,(H,17,18). The van der Waals surface area contributed by atoms with E-state index in [0.29, 0.717) is 17.7 Å². The van der Waals surface area contributed by atoms with E-state index in [1.54, 1.807) is 49.4 Å². The Labute approximate surface area is 127 Å². The van der Waals surface area contributed by atoms with Crippen molar-refractivity contribution in [3.63, 3.8) is 0 Å². The van der Waals surface area contributed by atoms with Gasteiger partial charge in [0, 0.05) is 10.6 Å². The van der Waals surface area contributed by atoms with Gasteiger partial charge in [0.1, 0.15) is 0 Å². The number of nitrogens with one attached hydrogen (secondary N) is 1. The van der Waals surface area contributed by atoms with Crippen LogP contribution in [-0.4, -0.2) is 18.0 Å². The second-order valence-electron chi connectivity index (χ2n) is 4.84. The zero-order valence-corrected chi connectivity index (χ0v) is 12.8. The summed E-state index contributed by atoms with van der Waals surface area (Å²) in [6.45, 7) is 3.59. The molecule has 0 spiro atoms. The normalized spacial score (nSPS) is 10.4. The highest BCUT2D eigenvalue weighted by Gasteiger charge is 2.11. The number of thiophene rings is 1. The highest BCUT2D eigenvalue weighted by Crippen LogP contribution is 2.14. The smallest absolute Gasteiger partial charge is 0.338 e. The van der Waals surface area contributed by atoms with Crippen LogP contribution in [0.5, 0.6) is 0 Å². The fraction of sp³-hybridized carbons (Fsp3) is 0.250. The molecule has 0 fully saturated rings. The third-order valence-electron chi connectivity index (χ3n) is 2.64. The van der Waals surface area contributed by atoms with Gasteiger partial charge in [-0.25, -0.2) is 4.79 Å². The third-order valence-corrected chi connectivity index (χ3v) is 3.52. The van der Waals surface area contributed by atoms with E-state index < -0.39 is 0 Å². The first kappa shape index (κ1) is 15.3. The van der Waals surface area contributed by atoms with E-state index in [2.05, 4.69) is 5.32 Å². The van der Waals surface area contributed by atoms with Crippen LogP contribution >= 0.6 is 11.3 Å². The maximum absolute atomic E-state index is 11.9. The van der Waals surface area contributed by atoms with E-state index in [4.69, 9.17) is 4.74 Å². The fourth-order valence-electron chi connectivity index (χ4n) is 1.78. The highest BCUT2D eigenvalue weighted by molar-refractivity contribution is 7.10. The van der Waals surface area contributed by atoms with Gasteiger partial charge in [0.15, 0.2) is 0 Å². The number of benzene rings is 1. The summed E-state index contributed by atoms with van der Waals surface area (Å²) in [5.41, 5.74) is 1.02. The maximum Gasteiger partial charge on any atom is 0.338 e. The predicted molar refractivity (Wildman–Crippen MR) is 83.6 cm³/mol. The summed E-state index contributed by atoms with van der Waals surface area (Å²) in [4.78, 5) is 24.7. The second kappa shape index (κ2) is 7.04. The summed E-state index contributed by atoms with van der Waals surface area (Å²) in [6.07, 6.45) is 0.160. The number of hydrogen-bond acceptors (Lipinski definition) is 4. The van der Waals surface area contributed by atoms with E-state index in [9.17, 15) is 9.59 Å². The van der Waals surface area contributed by atoms with Crippen LogP contribution in [0.3, 0.4) is 0 Å². The minimum absolute atomic E-state index is 0.105. The van der Waals surface area contributed by atoms with Crippen LogP contribution in [0.15, 0.2) is 41.8 Å². The number of amides is 1. The average Bonchev–Trinajstić information content (AvgIpc) is 2.91. The van der Waals surface area contributed by atoms with Gasteiger partial charge in [0.05, 0.1) is 18.1 Å². The van der Waals surface area contributed by atoms with E-state index in [-0.39, 0.29) is 18.0 Å². The van der Waals surface area contributed by atoms with Crippen LogP contribution < -0.4 is 5.32 Å². The first-order valence-electron chi connectivity index (χ1n) is 6.68. The molecule has 0 aliphatic heterocycles. The van der Waals surface area contributed by atoms with Gasteiger partial charge in [-0.05, 0) is 43.5 Å². The van der Waals surface area contributed by atoms with E-state index >= 15 is 0 Å². The molecular formula is C16H17NO3S. The monoisotopic (exact) mass is 303 g/mol. The Bertz CT molecular complexity index is 620. The second-order valence-corrected chi connectivity index (χ2v) is 5.87. The van der Waals surface area contributed by atoms with Crippen molar-refractivity contribution in [2.75, 3.05) is 5.32 Å². The van der Waals surface area contributed by atoms with Gasteiger partial charge in [-0.15, -0.1) is 11.3 Å². The molecule has 0 aliphatic rings. The molecule has 0 bridgehead atoms. The molecule has 1 N–H and O–H groups in total. The zero-order valence-electron chi connectivity index (χ0n) is 12.0. The molecule has 0 saturated heterocycles. The van der Waals surface area contributed by atoms with Crippen molar-refractivity contribution in [3.8, 4) is 0 Å². The van der Waals surface area contributed by atoms with Crippen molar-refractivity contribution in [1.82, 2.24) is 0 Å². The average molecular weight is 303 g/mol. The van der Waals surface area contributed by atoms with Gasteiger partial charge in [0.25, 0.3) is 0 Å². The Kier molecular flexibility index (Phi) is 5.11. The molecule has 21 heavy (non-hydrogen) atoms. The summed E-state index contributed by atoms with van der Waals surface area (Å²) >= 11 is 1.54. The maximum atomic E-state index is 11.9. The molecule has 1 aromatic heterocycles. The minimum Gasteiger partial charge on any atom is -0.459 e. The molecular weight excluding hydrogens is 286 g/mol. The molecule has 5 heteroatoms. The summed E-state index contributed by atoms with van der Waals surface area (Å²) in [5, 5.41) is 4.72. The van der Waals surface area contributed by atoms with Crippen LogP contribution in [0.4, 0.5) is 5.69 Å². The van der Waals surface area contributed by atoms with Gasteiger partial charge in [-0.1, -0.05) is 12.1 Å². The Morgan fingerprint density at radius 3 is 2.71 bits per heavy atom. The van der Waals surface area contributed by atoms with Crippen LogP contribution in [-0.2, 0) is 16.0 Å². The summed E-state index contributed by atoms with van der Waals surface area (Å²) in [7, 11) is 0. The molecule has 0 radical (unpaired) electrons. The van der Waals surface area contributed by atoms with E-state index in [1.807, 2.05) is 17.5 Å². The van der Waals surface area contributed by atoms with Gasteiger partial charge in [-0.3, -0.25) is 4.79 Å². The van der Waals surface area contributed by atoms with Crippen LogP contribution in [0.1, 0.15) is 29.1 Å². The first-order chi connectivity index (χ1) is 10.0. The number of ether oxygens (including phenoxy) is 1. The molecule has 0 saturated carbocycles. The molecule has 110 valence electrons. The Hall–Kier alpha value is -2.14. The zero-order chi connectivity index (χ0) is 15.2. The molecule has 1 aromatic carbocycles. The van der Waals surface area contributed by atoms with Crippen molar-refractivity contribution in [2.24, 2.45) is 0 Å². The topological polar surface area (TPSA) is 55.4 Å². The molecule has 2 aromatic rings. The first-order valence-corrected chi connectivity index (χ1v) is 7.56. The molecule has 0 atom stereocenters. The molecule has 1 heterocycles. The van der Waals surface area contributed by atoms with Crippen molar-refractivity contribution in [3.05, 3.63) is 52.2 Å². The van der Waals surface area contributed by atoms with Crippen LogP contribution in [0, 0.1) is 0 Å². The van der Waals surface area contributed by atoms with Crippen molar-refractivity contribution in [1.29, 1.82) is 0 Å². The lowest BCUT2D eigenvalue weighted by atomic mass is 10.2. The number of esters is 1. The molecule has 0 unspecified atom stereocenters. The van der Waals surface area contributed by atoms with Crippen molar-refractivity contribution in [2.45, 2.75) is 26.4 Å². The van der Waals surface area contributed by atoms with Gasteiger partial charge in [0.2, 0.25) is 5.91 Å². The SMILES string of the molecule is CC(C)OC(=O)c1cccc(NC(=O)Cc2cccs2)c1. The molecule has 0 aliphatic carbocycles. The molecule has 2 rings (SSSR count). The summed E-state index contributed by atoms with van der Waals surface area (Å²) in [6, 6.07) is 10.6. The Morgan fingerprint density at radius 1 is 1.24 bits per heavy atom. The number of carbonyl (C=O) groups excluding carboxylic acids is 2. The fourth-order valence-corrected chi connectivity index (χ4v) is 2.49. The lowest BCUT2D eigenvalue weighted by molar-refractivity contribution is -0.115. The van der Waals surface area contributed by atoms with Crippen LogP contribution in [0.25, 0.3) is 0 Å². The predicted octanol–water partition coefficient (Wildman–Crippen LogP) is 3.49. The van der Waals surface area contributed by atoms with Gasteiger partial charge in [-0.2, -0.15) is 0 Å². The Balaban J connectivity index is 2.00. The van der Waals surface area contributed by atoms with Gasteiger partial charge >= 0.3 is 5.97 Å².